The maximum absolute atomic E-state index is 13.2. The van der Waals surface area contributed by atoms with Crippen LogP contribution in [0, 0.1) is 29.1 Å². The van der Waals surface area contributed by atoms with Gasteiger partial charge in [-0.25, -0.2) is 13.2 Å². The van der Waals surface area contributed by atoms with Gasteiger partial charge in [0.2, 0.25) is 34.8 Å². The van der Waals surface area contributed by atoms with Crippen LogP contribution in [0.5, 0.6) is 5.75 Å². The summed E-state index contributed by atoms with van der Waals surface area (Å²) >= 11 is 0. The minimum atomic E-state index is -2.40. The third-order valence-electron chi connectivity index (χ3n) is 2.12. The molecule has 0 aliphatic carbocycles. The molecule has 20 heavy (non-hydrogen) atoms. The zero-order chi connectivity index (χ0) is 15.6. The van der Waals surface area contributed by atoms with Crippen LogP contribution in [0.2, 0.25) is 0 Å². The average Bonchev–Trinajstić information content (AvgIpc) is 2.42. The van der Waals surface area contributed by atoms with Gasteiger partial charge in [-0.1, -0.05) is 0 Å². The topological polar surface area (TPSA) is 66.8 Å². The standard InChI is InChI=1S/C9H5F5NO4P/c1-2(9(16)17)15(20-18)19-8-6(13)4(11)3(10)5(12)7(8)14/h2H,1H3,(H,16,17). The van der Waals surface area contributed by atoms with Gasteiger partial charge in [0.05, 0.1) is 0 Å². The van der Waals surface area contributed by atoms with Gasteiger partial charge in [-0.2, -0.15) is 8.78 Å². The highest BCUT2D eigenvalue weighted by Crippen LogP contribution is 2.31. The minimum Gasteiger partial charge on any atom is -0.480 e. The summed E-state index contributed by atoms with van der Waals surface area (Å²) in [5.41, 5.74) is 0. The lowest BCUT2D eigenvalue weighted by molar-refractivity contribution is -0.147. The lowest BCUT2D eigenvalue weighted by Crippen LogP contribution is -2.35. The fourth-order valence-corrected chi connectivity index (χ4v) is 1.37. The largest absolute Gasteiger partial charge is 0.480 e. The van der Waals surface area contributed by atoms with Crippen LogP contribution in [0.15, 0.2) is 0 Å². The second-order valence-electron chi connectivity index (χ2n) is 3.39. The van der Waals surface area contributed by atoms with Crippen LogP contribution in [0.1, 0.15) is 6.92 Å². The van der Waals surface area contributed by atoms with Gasteiger partial charge in [-0.05, 0) is 11.8 Å². The third-order valence-corrected chi connectivity index (χ3v) is 2.71. The number of hydrogen-bond acceptors (Lipinski definition) is 3. The van der Waals surface area contributed by atoms with Gasteiger partial charge >= 0.3 is 5.97 Å². The van der Waals surface area contributed by atoms with Crippen LogP contribution < -0.4 is 4.84 Å². The second-order valence-corrected chi connectivity index (χ2v) is 3.95. The molecule has 0 fully saturated rings. The number of carboxylic acid groups (broad SMARTS) is 1. The Kier molecular flexibility index (Phi) is 4.96. The van der Waals surface area contributed by atoms with Crippen molar-refractivity contribution in [1.82, 2.24) is 4.83 Å². The Bertz CT molecular complexity index is 541. The van der Waals surface area contributed by atoms with Crippen molar-refractivity contribution >= 4 is 14.6 Å². The summed E-state index contributed by atoms with van der Waals surface area (Å²) in [5, 5.41) is 8.59. The Hall–Kier alpha value is -1.80. The van der Waals surface area contributed by atoms with E-state index in [1.165, 1.54) is 0 Å². The molecule has 0 aliphatic heterocycles. The predicted octanol–water partition coefficient (Wildman–Crippen LogP) is 2.66. The number of hydrogen-bond donors (Lipinski definition) is 1. The molecule has 0 radical (unpaired) electrons. The van der Waals surface area contributed by atoms with Crippen LogP contribution in [-0.2, 0) is 9.36 Å². The molecule has 0 bridgehead atoms. The molecule has 5 nitrogen and oxygen atoms in total. The first-order valence-electron chi connectivity index (χ1n) is 4.77. The summed E-state index contributed by atoms with van der Waals surface area (Å²) < 4.78 is 75.6. The van der Waals surface area contributed by atoms with E-state index in [1.807, 2.05) is 0 Å². The molecule has 110 valence electrons. The molecule has 1 unspecified atom stereocenters. The van der Waals surface area contributed by atoms with Crippen molar-refractivity contribution < 1.29 is 41.3 Å². The lowest BCUT2D eigenvalue weighted by Gasteiger charge is -2.19. The number of carbonyl (C=O) groups is 1. The van der Waals surface area contributed by atoms with E-state index < -0.39 is 55.5 Å². The van der Waals surface area contributed by atoms with Crippen LogP contribution >= 0.6 is 8.61 Å². The Balaban J connectivity index is 3.27. The molecule has 1 N–H and O–H groups in total. The first kappa shape index (κ1) is 16.3. The summed E-state index contributed by atoms with van der Waals surface area (Å²) in [7, 11) is -1.16. The van der Waals surface area contributed by atoms with E-state index in [-0.39, 0.29) is 4.83 Å². The average molecular weight is 317 g/mol. The molecule has 0 saturated carbocycles. The predicted molar refractivity (Wildman–Crippen MR) is 53.4 cm³/mol. The number of carboxylic acids is 1. The van der Waals surface area contributed by atoms with Gasteiger partial charge in [0, 0.05) is 0 Å². The monoisotopic (exact) mass is 317 g/mol. The summed E-state index contributed by atoms with van der Waals surface area (Å²) in [6.45, 7) is 0.916. The molecule has 0 heterocycles. The second kappa shape index (κ2) is 6.10. The molecular weight excluding hydrogens is 312 g/mol. The molecule has 11 heteroatoms. The normalized spacial score (nSPS) is 12.8. The van der Waals surface area contributed by atoms with Gasteiger partial charge in [0.25, 0.3) is 8.61 Å². The third kappa shape index (κ3) is 2.86. The number of rotatable bonds is 5. The number of hydroxylamine groups is 1. The zero-order valence-electron chi connectivity index (χ0n) is 9.53. The van der Waals surface area contributed by atoms with Crippen LogP contribution in [-0.4, -0.2) is 22.0 Å². The maximum Gasteiger partial charge on any atom is 0.325 e. The highest BCUT2D eigenvalue weighted by Gasteiger charge is 2.31. The smallest absolute Gasteiger partial charge is 0.325 e. The van der Waals surface area contributed by atoms with Crippen LogP contribution in [0.4, 0.5) is 22.0 Å². The summed E-state index contributed by atoms with van der Waals surface area (Å²) in [5.74, 6) is -14.9. The number of nitrogens with zero attached hydrogens (tertiary/aromatic N) is 1. The maximum atomic E-state index is 13.2. The van der Waals surface area contributed by atoms with Crippen molar-refractivity contribution in [3.05, 3.63) is 29.1 Å². The highest BCUT2D eigenvalue weighted by atomic mass is 31.1. The van der Waals surface area contributed by atoms with Crippen molar-refractivity contribution in [2.24, 2.45) is 0 Å². The molecule has 0 aromatic heterocycles. The SMILES string of the molecule is CC(C(=O)O)N(Oc1c(F)c(F)c(F)c(F)c1F)P=O. The molecule has 0 amide bonds. The molecule has 1 aromatic rings. The lowest BCUT2D eigenvalue weighted by atomic mass is 10.3. The van der Waals surface area contributed by atoms with E-state index in [4.69, 9.17) is 5.11 Å². The minimum absolute atomic E-state index is 0.0133. The zero-order valence-corrected chi connectivity index (χ0v) is 10.4. The van der Waals surface area contributed by atoms with E-state index in [1.54, 1.807) is 0 Å². The number of benzene rings is 1. The van der Waals surface area contributed by atoms with Crippen molar-refractivity contribution in [2.75, 3.05) is 0 Å². The molecular formula is C9H5F5NO4P. The molecule has 0 saturated heterocycles. The summed E-state index contributed by atoms with van der Waals surface area (Å²) in [6.07, 6.45) is 0. The van der Waals surface area contributed by atoms with E-state index in [2.05, 4.69) is 4.84 Å². The molecule has 0 aliphatic rings. The first-order chi connectivity index (χ1) is 9.22. The molecule has 1 aromatic carbocycles. The summed E-state index contributed by atoms with van der Waals surface area (Å²) in [4.78, 5) is 14.8. The highest BCUT2D eigenvalue weighted by molar-refractivity contribution is 7.20. The van der Waals surface area contributed by atoms with Gasteiger partial charge in [0.15, 0.2) is 6.04 Å². The number of aliphatic carboxylic acids is 1. The van der Waals surface area contributed by atoms with Crippen molar-refractivity contribution in [2.45, 2.75) is 13.0 Å². The first-order valence-corrected chi connectivity index (χ1v) is 5.53. The molecule has 0 spiro atoms. The van der Waals surface area contributed by atoms with Gasteiger partial charge < -0.3 is 9.94 Å². The quantitative estimate of drug-likeness (QED) is 0.297. The molecule has 1 atom stereocenters. The van der Waals surface area contributed by atoms with E-state index in [0.717, 1.165) is 6.92 Å². The fraction of sp³-hybridized carbons (Fsp3) is 0.222. The van der Waals surface area contributed by atoms with Crippen LogP contribution in [0.3, 0.4) is 0 Å². The van der Waals surface area contributed by atoms with Gasteiger partial charge in [-0.3, -0.25) is 9.36 Å². The van der Waals surface area contributed by atoms with E-state index in [9.17, 15) is 31.3 Å². The van der Waals surface area contributed by atoms with E-state index >= 15 is 0 Å². The Morgan fingerprint density at radius 1 is 1.10 bits per heavy atom. The van der Waals surface area contributed by atoms with Gasteiger partial charge in [0.1, 0.15) is 0 Å². The fourth-order valence-electron chi connectivity index (χ4n) is 1.02. The Morgan fingerprint density at radius 3 is 1.85 bits per heavy atom. The number of halogens is 5. The van der Waals surface area contributed by atoms with Crippen LogP contribution in [0.25, 0.3) is 0 Å². The van der Waals surface area contributed by atoms with E-state index in [0.29, 0.717) is 0 Å². The van der Waals surface area contributed by atoms with Gasteiger partial charge in [-0.15, -0.1) is 0 Å². The molecule has 1 rings (SSSR count). The van der Waals surface area contributed by atoms with Crippen molar-refractivity contribution in [1.29, 1.82) is 0 Å². The Labute approximate surface area is 109 Å². The Morgan fingerprint density at radius 2 is 1.50 bits per heavy atom. The summed E-state index contributed by atoms with van der Waals surface area (Å²) in [6, 6.07) is -1.68. The van der Waals surface area contributed by atoms with Crippen molar-refractivity contribution in [3.8, 4) is 5.75 Å². The van der Waals surface area contributed by atoms with Crippen molar-refractivity contribution in [3.63, 3.8) is 0 Å².